The fourth-order valence-corrected chi connectivity index (χ4v) is 2.96. The van der Waals surface area contributed by atoms with Gasteiger partial charge in [-0.3, -0.25) is 9.69 Å². The van der Waals surface area contributed by atoms with Crippen LogP contribution in [0.5, 0.6) is 0 Å². The molecule has 1 saturated carbocycles. The van der Waals surface area contributed by atoms with Gasteiger partial charge < -0.3 is 10.1 Å². The highest BCUT2D eigenvalue weighted by Gasteiger charge is 2.51. The minimum atomic E-state index is -0.466. The lowest BCUT2D eigenvalue weighted by molar-refractivity contribution is -0.148. The smallest absolute Gasteiger partial charge is 0.327 e. The third-order valence-electron chi connectivity index (χ3n) is 3.97. The number of nitrogens with zero attached hydrogens (tertiary/aromatic N) is 1. The van der Waals surface area contributed by atoms with Crippen LogP contribution >= 0.6 is 0 Å². The first-order valence-electron chi connectivity index (χ1n) is 6.72. The first kappa shape index (κ1) is 12.8. The predicted molar refractivity (Wildman–Crippen MR) is 66.8 cm³/mol. The number of hydrogen-bond donors (Lipinski definition) is 1. The van der Waals surface area contributed by atoms with Gasteiger partial charge in [-0.05, 0) is 39.2 Å². The number of likely N-dealkylation sites (tertiary alicyclic amines) is 1. The van der Waals surface area contributed by atoms with Crippen molar-refractivity contribution in [1.29, 1.82) is 0 Å². The summed E-state index contributed by atoms with van der Waals surface area (Å²) in [5.74, 6) is -0.0963. The lowest BCUT2D eigenvalue weighted by Crippen LogP contribution is -2.55. The lowest BCUT2D eigenvalue weighted by Gasteiger charge is -2.27. The van der Waals surface area contributed by atoms with E-state index < -0.39 is 5.54 Å². The van der Waals surface area contributed by atoms with Crippen molar-refractivity contribution in [3.05, 3.63) is 0 Å². The summed E-state index contributed by atoms with van der Waals surface area (Å²) in [6.07, 6.45) is 4.48. The monoisotopic (exact) mass is 240 g/mol. The second-order valence-electron chi connectivity index (χ2n) is 5.46. The molecule has 1 N–H and O–H groups in total. The Morgan fingerprint density at radius 3 is 2.76 bits per heavy atom. The van der Waals surface area contributed by atoms with Crippen molar-refractivity contribution in [2.24, 2.45) is 0 Å². The summed E-state index contributed by atoms with van der Waals surface area (Å²) in [6, 6.07) is 1.19. The molecule has 0 radical (unpaired) electrons. The van der Waals surface area contributed by atoms with Crippen molar-refractivity contribution in [2.75, 3.05) is 20.2 Å². The molecule has 2 atom stereocenters. The van der Waals surface area contributed by atoms with E-state index in [2.05, 4.69) is 24.1 Å². The van der Waals surface area contributed by atoms with Crippen LogP contribution in [0.1, 0.15) is 39.5 Å². The van der Waals surface area contributed by atoms with Gasteiger partial charge in [0.25, 0.3) is 0 Å². The maximum absolute atomic E-state index is 12.1. The lowest BCUT2D eigenvalue weighted by atomic mass is 9.96. The van der Waals surface area contributed by atoms with Gasteiger partial charge in [0.15, 0.2) is 0 Å². The normalized spacial score (nSPS) is 33.9. The number of carbonyl (C=O) groups excluding carboxylic acids is 1. The third-order valence-corrected chi connectivity index (χ3v) is 3.97. The number of methoxy groups -OCH3 is 1. The van der Waals surface area contributed by atoms with Crippen molar-refractivity contribution >= 4 is 5.97 Å². The van der Waals surface area contributed by atoms with E-state index in [0.717, 1.165) is 25.9 Å². The van der Waals surface area contributed by atoms with Crippen LogP contribution in [-0.4, -0.2) is 48.7 Å². The average Bonchev–Trinajstić information content (AvgIpc) is 3.11. The Morgan fingerprint density at radius 2 is 2.24 bits per heavy atom. The highest BCUT2D eigenvalue weighted by Crippen LogP contribution is 2.37. The third kappa shape index (κ3) is 2.47. The Balaban J connectivity index is 2.08. The molecule has 17 heavy (non-hydrogen) atoms. The van der Waals surface area contributed by atoms with Crippen LogP contribution in [0.4, 0.5) is 0 Å². The molecular formula is C13H24N2O2. The van der Waals surface area contributed by atoms with Gasteiger partial charge in [0.1, 0.15) is 5.54 Å². The second kappa shape index (κ2) is 4.94. The van der Waals surface area contributed by atoms with Crippen molar-refractivity contribution in [3.63, 3.8) is 0 Å². The summed E-state index contributed by atoms with van der Waals surface area (Å²) in [5.41, 5.74) is -0.466. The molecule has 0 spiro atoms. The molecular weight excluding hydrogens is 216 g/mol. The van der Waals surface area contributed by atoms with Crippen molar-refractivity contribution in [2.45, 2.75) is 57.2 Å². The topological polar surface area (TPSA) is 41.6 Å². The molecule has 2 aliphatic rings. The Morgan fingerprint density at radius 1 is 1.53 bits per heavy atom. The molecule has 0 bridgehead atoms. The molecule has 0 aromatic rings. The van der Waals surface area contributed by atoms with Gasteiger partial charge in [-0.2, -0.15) is 0 Å². The SMILES string of the molecule is CCCNC1(C(=O)OC)CC(C)N(C2CC2)C1. The molecule has 2 unspecified atom stereocenters. The van der Waals surface area contributed by atoms with Crippen molar-refractivity contribution in [3.8, 4) is 0 Å². The molecule has 0 amide bonds. The largest absolute Gasteiger partial charge is 0.468 e. The van der Waals surface area contributed by atoms with Gasteiger partial charge in [-0.15, -0.1) is 0 Å². The van der Waals surface area contributed by atoms with Crippen LogP contribution in [0, 0.1) is 0 Å². The fraction of sp³-hybridized carbons (Fsp3) is 0.923. The van der Waals surface area contributed by atoms with Crippen LogP contribution in [0.15, 0.2) is 0 Å². The molecule has 98 valence electrons. The molecule has 1 heterocycles. The van der Waals surface area contributed by atoms with E-state index in [0.29, 0.717) is 12.1 Å². The van der Waals surface area contributed by atoms with Gasteiger partial charge in [-0.1, -0.05) is 6.92 Å². The predicted octanol–water partition coefficient (Wildman–Crippen LogP) is 1.15. The van der Waals surface area contributed by atoms with E-state index in [-0.39, 0.29) is 5.97 Å². The van der Waals surface area contributed by atoms with Crippen LogP contribution in [-0.2, 0) is 9.53 Å². The summed E-state index contributed by atoms with van der Waals surface area (Å²) < 4.78 is 5.00. The molecule has 2 fully saturated rings. The number of esters is 1. The Bertz CT molecular complexity index is 291. The van der Waals surface area contributed by atoms with Gasteiger partial charge in [0, 0.05) is 18.6 Å². The zero-order valence-electron chi connectivity index (χ0n) is 11.2. The van der Waals surface area contributed by atoms with E-state index in [1.165, 1.54) is 20.0 Å². The van der Waals surface area contributed by atoms with Crippen LogP contribution in [0.25, 0.3) is 0 Å². The second-order valence-corrected chi connectivity index (χ2v) is 5.46. The Kier molecular flexibility index (Phi) is 3.73. The van der Waals surface area contributed by atoms with E-state index in [1.807, 2.05) is 0 Å². The minimum absolute atomic E-state index is 0.0963. The van der Waals surface area contributed by atoms with Crippen molar-refractivity contribution in [1.82, 2.24) is 10.2 Å². The first-order valence-corrected chi connectivity index (χ1v) is 6.72. The molecule has 4 nitrogen and oxygen atoms in total. The molecule has 1 saturated heterocycles. The summed E-state index contributed by atoms with van der Waals surface area (Å²) >= 11 is 0. The van der Waals surface area contributed by atoms with Gasteiger partial charge in [0.2, 0.25) is 0 Å². The standard InChI is InChI=1S/C13H24N2O2/c1-4-7-14-13(12(16)17-3)8-10(2)15(9-13)11-5-6-11/h10-11,14H,4-9H2,1-3H3. The molecule has 0 aromatic carbocycles. The Labute approximate surface area is 104 Å². The maximum atomic E-state index is 12.1. The van der Waals surface area contributed by atoms with Gasteiger partial charge >= 0.3 is 5.97 Å². The number of hydrogen-bond acceptors (Lipinski definition) is 4. The highest BCUT2D eigenvalue weighted by atomic mass is 16.5. The van der Waals surface area contributed by atoms with E-state index in [4.69, 9.17) is 4.74 Å². The maximum Gasteiger partial charge on any atom is 0.327 e. The summed E-state index contributed by atoms with van der Waals surface area (Å²) in [7, 11) is 1.49. The van der Waals surface area contributed by atoms with Gasteiger partial charge in [0.05, 0.1) is 7.11 Å². The van der Waals surface area contributed by atoms with Crippen LogP contribution in [0.2, 0.25) is 0 Å². The zero-order valence-corrected chi connectivity index (χ0v) is 11.2. The number of nitrogens with one attached hydrogen (secondary N) is 1. The molecule has 0 aromatic heterocycles. The zero-order chi connectivity index (χ0) is 12.5. The van der Waals surface area contributed by atoms with Crippen LogP contribution < -0.4 is 5.32 Å². The Hall–Kier alpha value is -0.610. The van der Waals surface area contributed by atoms with E-state index >= 15 is 0 Å². The van der Waals surface area contributed by atoms with Crippen molar-refractivity contribution < 1.29 is 9.53 Å². The molecule has 4 heteroatoms. The van der Waals surface area contributed by atoms with E-state index in [9.17, 15) is 4.79 Å². The quantitative estimate of drug-likeness (QED) is 0.732. The van der Waals surface area contributed by atoms with Gasteiger partial charge in [-0.25, -0.2) is 0 Å². The first-order chi connectivity index (χ1) is 8.13. The summed E-state index contributed by atoms with van der Waals surface area (Å²) in [5, 5.41) is 3.42. The van der Waals surface area contributed by atoms with Crippen LogP contribution in [0.3, 0.4) is 0 Å². The molecule has 1 aliphatic carbocycles. The number of ether oxygens (including phenoxy) is 1. The number of rotatable bonds is 5. The van der Waals surface area contributed by atoms with E-state index in [1.54, 1.807) is 0 Å². The fourth-order valence-electron chi connectivity index (χ4n) is 2.96. The molecule has 2 rings (SSSR count). The summed E-state index contributed by atoms with van der Waals surface area (Å²) in [4.78, 5) is 14.5. The summed E-state index contributed by atoms with van der Waals surface area (Å²) in [6.45, 7) is 6.03. The number of carbonyl (C=O) groups is 1. The highest BCUT2D eigenvalue weighted by molar-refractivity contribution is 5.81. The molecule has 1 aliphatic heterocycles. The minimum Gasteiger partial charge on any atom is -0.468 e. The average molecular weight is 240 g/mol.